The molecule has 1 aromatic carbocycles. The van der Waals surface area contributed by atoms with Gasteiger partial charge in [0.25, 0.3) is 0 Å². The van der Waals surface area contributed by atoms with E-state index in [4.69, 9.17) is 19.0 Å². The minimum absolute atomic E-state index is 0.180. The standard InChI is InChI=1S/C15H19NO5/c1-4-20-14(17)12-11(15(18-2)19-3)13(21-16-12)10-8-6-5-7-9-10/h5-9,11,13,15H,4H2,1-3H3/t11-,13+/m1/s1. The fourth-order valence-corrected chi connectivity index (χ4v) is 2.33. The molecule has 2 rings (SSSR count). The van der Waals surface area contributed by atoms with Gasteiger partial charge in [-0.2, -0.15) is 0 Å². The second-order valence-electron chi connectivity index (χ2n) is 4.50. The zero-order valence-electron chi connectivity index (χ0n) is 12.3. The Morgan fingerprint density at radius 3 is 2.52 bits per heavy atom. The normalized spacial score (nSPS) is 21.0. The van der Waals surface area contributed by atoms with Gasteiger partial charge < -0.3 is 19.0 Å². The van der Waals surface area contributed by atoms with Gasteiger partial charge in [0.15, 0.2) is 18.1 Å². The fourth-order valence-electron chi connectivity index (χ4n) is 2.33. The van der Waals surface area contributed by atoms with Crippen molar-refractivity contribution in [2.45, 2.75) is 19.3 Å². The second kappa shape index (κ2) is 7.19. The molecule has 0 aliphatic carbocycles. The third-order valence-electron chi connectivity index (χ3n) is 3.28. The van der Waals surface area contributed by atoms with Gasteiger partial charge in [-0.15, -0.1) is 0 Å². The van der Waals surface area contributed by atoms with E-state index in [1.165, 1.54) is 14.2 Å². The highest BCUT2D eigenvalue weighted by Crippen LogP contribution is 2.36. The number of carbonyl (C=O) groups excluding carboxylic acids is 1. The van der Waals surface area contributed by atoms with Crippen LogP contribution < -0.4 is 0 Å². The molecule has 21 heavy (non-hydrogen) atoms. The molecule has 0 N–H and O–H groups in total. The number of esters is 1. The van der Waals surface area contributed by atoms with Crippen LogP contribution in [0.3, 0.4) is 0 Å². The molecule has 0 aromatic heterocycles. The molecule has 0 spiro atoms. The summed E-state index contributed by atoms with van der Waals surface area (Å²) in [5, 5.41) is 3.89. The quantitative estimate of drug-likeness (QED) is 0.592. The van der Waals surface area contributed by atoms with Gasteiger partial charge in [0.1, 0.15) is 5.92 Å². The first-order valence-corrected chi connectivity index (χ1v) is 6.74. The van der Waals surface area contributed by atoms with Crippen molar-refractivity contribution < 1.29 is 23.8 Å². The molecule has 1 aliphatic rings. The summed E-state index contributed by atoms with van der Waals surface area (Å²) in [6.07, 6.45) is -1.10. The Morgan fingerprint density at radius 1 is 1.29 bits per heavy atom. The van der Waals surface area contributed by atoms with E-state index in [2.05, 4.69) is 5.16 Å². The Hall–Kier alpha value is -1.92. The summed E-state index contributed by atoms with van der Waals surface area (Å²) in [5.74, 6) is -0.999. The smallest absolute Gasteiger partial charge is 0.356 e. The average molecular weight is 293 g/mol. The van der Waals surface area contributed by atoms with Gasteiger partial charge in [0.05, 0.1) is 6.61 Å². The predicted octanol–water partition coefficient (Wildman–Crippen LogP) is 1.91. The topological polar surface area (TPSA) is 66.4 Å². The van der Waals surface area contributed by atoms with E-state index in [-0.39, 0.29) is 12.3 Å². The summed E-state index contributed by atoms with van der Waals surface area (Å²) in [6, 6.07) is 9.51. The van der Waals surface area contributed by atoms with Crippen molar-refractivity contribution in [2.24, 2.45) is 11.1 Å². The highest BCUT2D eigenvalue weighted by Gasteiger charge is 2.45. The lowest BCUT2D eigenvalue weighted by Gasteiger charge is -2.25. The van der Waals surface area contributed by atoms with Gasteiger partial charge >= 0.3 is 5.97 Å². The van der Waals surface area contributed by atoms with Crippen LogP contribution in [0.5, 0.6) is 0 Å². The van der Waals surface area contributed by atoms with Gasteiger partial charge in [0.2, 0.25) is 0 Å². The molecule has 1 aliphatic heterocycles. The molecule has 0 bridgehead atoms. The fraction of sp³-hybridized carbons (Fsp3) is 0.467. The molecule has 1 heterocycles. The molecule has 0 saturated carbocycles. The van der Waals surface area contributed by atoms with E-state index in [9.17, 15) is 4.79 Å². The zero-order valence-corrected chi connectivity index (χ0v) is 12.3. The van der Waals surface area contributed by atoms with Crippen molar-refractivity contribution in [3.63, 3.8) is 0 Å². The maximum Gasteiger partial charge on any atom is 0.356 e. The Bertz CT molecular complexity index is 498. The van der Waals surface area contributed by atoms with Crippen LogP contribution in [0.4, 0.5) is 0 Å². The number of hydrogen-bond donors (Lipinski definition) is 0. The summed E-state index contributed by atoms with van der Waals surface area (Å²) >= 11 is 0. The largest absolute Gasteiger partial charge is 0.461 e. The summed E-state index contributed by atoms with van der Waals surface area (Å²) in [6.45, 7) is 2.01. The minimum Gasteiger partial charge on any atom is -0.461 e. The molecule has 6 heteroatoms. The second-order valence-corrected chi connectivity index (χ2v) is 4.50. The third-order valence-corrected chi connectivity index (χ3v) is 3.28. The van der Waals surface area contributed by atoms with Crippen LogP contribution in [0.15, 0.2) is 35.5 Å². The monoisotopic (exact) mass is 293 g/mol. The summed E-state index contributed by atoms with van der Waals surface area (Å²) in [4.78, 5) is 17.5. The van der Waals surface area contributed by atoms with Crippen molar-refractivity contribution in [3.8, 4) is 0 Å². The first-order valence-electron chi connectivity index (χ1n) is 6.74. The summed E-state index contributed by atoms with van der Waals surface area (Å²) < 4.78 is 15.6. The maximum absolute atomic E-state index is 12.0. The van der Waals surface area contributed by atoms with Crippen molar-refractivity contribution in [3.05, 3.63) is 35.9 Å². The summed E-state index contributed by atoms with van der Waals surface area (Å²) in [5.41, 5.74) is 1.07. The Kier molecular flexibility index (Phi) is 5.30. The third kappa shape index (κ3) is 3.22. The van der Waals surface area contributed by atoms with Crippen LogP contribution in [0.25, 0.3) is 0 Å². The lowest BCUT2D eigenvalue weighted by molar-refractivity contribution is -0.147. The number of ether oxygens (including phenoxy) is 3. The molecule has 6 nitrogen and oxygen atoms in total. The van der Waals surface area contributed by atoms with Crippen LogP contribution >= 0.6 is 0 Å². The van der Waals surface area contributed by atoms with E-state index in [1.54, 1.807) is 6.92 Å². The van der Waals surface area contributed by atoms with E-state index in [0.29, 0.717) is 0 Å². The van der Waals surface area contributed by atoms with Gasteiger partial charge in [0, 0.05) is 14.2 Å². The van der Waals surface area contributed by atoms with Crippen molar-refractivity contribution in [1.29, 1.82) is 0 Å². The Morgan fingerprint density at radius 2 is 1.95 bits per heavy atom. The molecule has 114 valence electrons. The van der Waals surface area contributed by atoms with Crippen LogP contribution in [-0.4, -0.2) is 38.8 Å². The maximum atomic E-state index is 12.0. The minimum atomic E-state index is -0.652. The molecule has 2 atom stereocenters. The number of nitrogens with zero attached hydrogens (tertiary/aromatic N) is 1. The number of benzene rings is 1. The van der Waals surface area contributed by atoms with Crippen LogP contribution in [0, 0.1) is 5.92 Å². The number of methoxy groups -OCH3 is 2. The number of rotatable bonds is 6. The van der Waals surface area contributed by atoms with Crippen LogP contribution in [0.1, 0.15) is 18.6 Å². The van der Waals surface area contributed by atoms with E-state index >= 15 is 0 Å². The first kappa shape index (κ1) is 15.5. The van der Waals surface area contributed by atoms with E-state index in [1.807, 2.05) is 30.3 Å². The molecule has 1 aromatic rings. The highest BCUT2D eigenvalue weighted by molar-refractivity contribution is 6.37. The first-order chi connectivity index (χ1) is 10.2. The van der Waals surface area contributed by atoms with Gasteiger partial charge in [-0.1, -0.05) is 35.5 Å². The molecule has 0 amide bonds. The lowest BCUT2D eigenvalue weighted by Crippen LogP contribution is -2.37. The Labute approximate surface area is 123 Å². The molecular formula is C15H19NO5. The molecule has 0 unspecified atom stereocenters. The van der Waals surface area contributed by atoms with Crippen molar-refractivity contribution >= 4 is 11.7 Å². The van der Waals surface area contributed by atoms with Gasteiger partial charge in [-0.25, -0.2) is 4.79 Å². The van der Waals surface area contributed by atoms with Crippen molar-refractivity contribution in [2.75, 3.05) is 20.8 Å². The number of oxime groups is 1. The van der Waals surface area contributed by atoms with Crippen molar-refractivity contribution in [1.82, 2.24) is 0 Å². The number of carbonyl (C=O) groups is 1. The predicted molar refractivity (Wildman–Crippen MR) is 75.6 cm³/mol. The zero-order chi connectivity index (χ0) is 15.2. The molecule has 0 radical (unpaired) electrons. The SMILES string of the molecule is CCOC(=O)C1=NO[C@@H](c2ccccc2)[C@@H]1C(OC)OC. The van der Waals surface area contributed by atoms with Gasteiger partial charge in [-0.05, 0) is 12.5 Å². The Balaban J connectivity index is 2.30. The molecule has 0 saturated heterocycles. The van der Waals surface area contributed by atoms with E-state index in [0.717, 1.165) is 5.56 Å². The molecular weight excluding hydrogens is 274 g/mol. The van der Waals surface area contributed by atoms with Gasteiger partial charge in [-0.3, -0.25) is 0 Å². The highest BCUT2D eigenvalue weighted by atomic mass is 16.7. The average Bonchev–Trinajstić information content (AvgIpc) is 2.95. The van der Waals surface area contributed by atoms with Crippen LogP contribution in [-0.2, 0) is 23.8 Å². The number of hydrogen-bond acceptors (Lipinski definition) is 6. The van der Waals surface area contributed by atoms with E-state index < -0.39 is 24.3 Å². The van der Waals surface area contributed by atoms with Crippen LogP contribution in [0.2, 0.25) is 0 Å². The lowest BCUT2D eigenvalue weighted by atomic mass is 9.91. The molecule has 0 fully saturated rings. The summed E-state index contributed by atoms with van der Waals surface area (Å²) in [7, 11) is 3.02.